The molecule has 0 atom stereocenters. The van der Waals surface area contributed by atoms with Gasteiger partial charge in [-0.3, -0.25) is 9.59 Å². The first-order valence-corrected chi connectivity index (χ1v) is 12.3. The number of rotatable bonds is 5. The fraction of sp³-hybridized carbons (Fsp3) is 0.440. The van der Waals surface area contributed by atoms with Crippen molar-refractivity contribution in [1.29, 1.82) is 0 Å². The van der Waals surface area contributed by atoms with Crippen LogP contribution >= 0.6 is 11.3 Å². The van der Waals surface area contributed by atoms with Crippen LogP contribution in [0.5, 0.6) is 11.5 Å². The number of carbonyl (C=O) groups is 2. The SMILES string of the molecule is COc1cc(OC)cc(C(=O)N2CCN(C(=O)c3sc4nc(C5CC5)nc(C)c4c3C)CC2)c1. The van der Waals surface area contributed by atoms with Crippen molar-refractivity contribution in [2.24, 2.45) is 0 Å². The molecule has 0 N–H and O–H groups in total. The molecule has 1 saturated carbocycles. The van der Waals surface area contributed by atoms with E-state index in [1.165, 1.54) is 11.3 Å². The summed E-state index contributed by atoms with van der Waals surface area (Å²) in [6.07, 6.45) is 2.29. The zero-order valence-electron chi connectivity index (χ0n) is 19.9. The zero-order valence-corrected chi connectivity index (χ0v) is 20.7. The van der Waals surface area contributed by atoms with Crippen LogP contribution in [0.1, 0.15) is 55.9 Å². The first kappa shape index (κ1) is 22.6. The van der Waals surface area contributed by atoms with E-state index in [0.717, 1.165) is 45.0 Å². The molecule has 8 nitrogen and oxygen atoms in total. The van der Waals surface area contributed by atoms with Crippen LogP contribution in [0, 0.1) is 13.8 Å². The Bertz CT molecular complexity index is 1250. The molecule has 2 aliphatic rings. The Morgan fingerprint density at radius 1 is 0.912 bits per heavy atom. The maximum absolute atomic E-state index is 13.4. The summed E-state index contributed by atoms with van der Waals surface area (Å²) in [7, 11) is 3.12. The van der Waals surface area contributed by atoms with Crippen LogP contribution in [-0.4, -0.2) is 72.0 Å². The lowest BCUT2D eigenvalue weighted by Gasteiger charge is -2.34. The van der Waals surface area contributed by atoms with Gasteiger partial charge in [-0.2, -0.15) is 0 Å². The molecule has 2 amide bonds. The van der Waals surface area contributed by atoms with Gasteiger partial charge in [-0.1, -0.05) is 0 Å². The number of ether oxygens (including phenoxy) is 2. The molecule has 0 spiro atoms. The molecule has 0 unspecified atom stereocenters. The van der Waals surface area contributed by atoms with Gasteiger partial charge in [0.2, 0.25) is 0 Å². The largest absolute Gasteiger partial charge is 0.497 e. The van der Waals surface area contributed by atoms with Crippen LogP contribution in [0.3, 0.4) is 0 Å². The first-order valence-electron chi connectivity index (χ1n) is 11.5. The van der Waals surface area contributed by atoms with E-state index in [0.29, 0.717) is 49.2 Å². The van der Waals surface area contributed by atoms with Crippen molar-refractivity contribution in [2.45, 2.75) is 32.6 Å². The van der Waals surface area contributed by atoms with Crippen molar-refractivity contribution in [3.8, 4) is 11.5 Å². The number of fused-ring (bicyclic) bond motifs is 1. The Labute approximate surface area is 202 Å². The van der Waals surface area contributed by atoms with Crippen molar-refractivity contribution < 1.29 is 19.1 Å². The quantitative estimate of drug-likeness (QED) is 0.552. The summed E-state index contributed by atoms with van der Waals surface area (Å²) in [5.41, 5.74) is 2.41. The van der Waals surface area contributed by atoms with Crippen LogP contribution in [0.2, 0.25) is 0 Å². The zero-order chi connectivity index (χ0) is 24.0. The predicted octanol–water partition coefficient (Wildman–Crippen LogP) is 3.80. The molecule has 178 valence electrons. The van der Waals surface area contributed by atoms with Gasteiger partial charge in [0, 0.05) is 49.1 Å². The van der Waals surface area contributed by atoms with Crippen molar-refractivity contribution in [3.63, 3.8) is 0 Å². The maximum Gasteiger partial charge on any atom is 0.264 e. The van der Waals surface area contributed by atoms with Gasteiger partial charge < -0.3 is 19.3 Å². The molecule has 0 bridgehead atoms. The van der Waals surface area contributed by atoms with Crippen molar-refractivity contribution >= 4 is 33.4 Å². The molecule has 1 aromatic carbocycles. The monoisotopic (exact) mass is 480 g/mol. The molecule has 1 aliphatic carbocycles. The standard InChI is InChI=1S/C25H28N4O4S/c1-14-20-15(2)26-22(16-5-6-16)27-23(20)34-21(14)25(31)29-9-7-28(8-10-29)24(30)17-11-18(32-3)13-19(12-17)33-4/h11-13,16H,5-10H2,1-4H3. The number of hydrogen-bond donors (Lipinski definition) is 0. The number of nitrogens with zero attached hydrogens (tertiary/aromatic N) is 4. The second-order valence-corrected chi connectivity index (χ2v) is 9.86. The summed E-state index contributed by atoms with van der Waals surface area (Å²) in [5.74, 6) is 2.43. The minimum Gasteiger partial charge on any atom is -0.497 e. The average molecular weight is 481 g/mol. The topological polar surface area (TPSA) is 84.9 Å². The number of carbonyl (C=O) groups excluding carboxylic acids is 2. The number of amides is 2. The summed E-state index contributed by atoms with van der Waals surface area (Å²) in [6, 6.07) is 5.16. The summed E-state index contributed by atoms with van der Waals surface area (Å²) in [5, 5.41) is 0.999. The van der Waals surface area contributed by atoms with Crippen molar-refractivity contribution in [3.05, 3.63) is 45.7 Å². The van der Waals surface area contributed by atoms with Gasteiger partial charge in [0.05, 0.1) is 24.8 Å². The highest BCUT2D eigenvalue weighted by atomic mass is 32.1. The van der Waals surface area contributed by atoms with E-state index in [1.807, 2.05) is 18.7 Å². The molecule has 2 aromatic heterocycles. The fourth-order valence-electron chi connectivity index (χ4n) is 4.46. The lowest BCUT2D eigenvalue weighted by molar-refractivity contribution is 0.0537. The highest BCUT2D eigenvalue weighted by Gasteiger charge is 2.31. The number of aromatic nitrogens is 2. The molecule has 9 heteroatoms. The van der Waals surface area contributed by atoms with E-state index < -0.39 is 0 Å². The minimum atomic E-state index is -0.0964. The van der Waals surface area contributed by atoms with Crippen LogP contribution in [0.15, 0.2) is 18.2 Å². The third-order valence-corrected chi connectivity index (χ3v) is 7.75. The summed E-state index contributed by atoms with van der Waals surface area (Å²) >= 11 is 1.46. The second-order valence-electron chi connectivity index (χ2n) is 8.86. The lowest BCUT2D eigenvalue weighted by atomic mass is 10.1. The molecule has 34 heavy (non-hydrogen) atoms. The lowest BCUT2D eigenvalue weighted by Crippen LogP contribution is -2.50. The van der Waals surface area contributed by atoms with E-state index in [9.17, 15) is 9.59 Å². The van der Waals surface area contributed by atoms with Crippen LogP contribution in [0.25, 0.3) is 10.2 Å². The Balaban J connectivity index is 1.31. The van der Waals surface area contributed by atoms with Gasteiger partial charge in [-0.25, -0.2) is 9.97 Å². The number of aryl methyl sites for hydroxylation is 2. The van der Waals surface area contributed by atoms with Gasteiger partial charge >= 0.3 is 0 Å². The number of piperazine rings is 1. The highest BCUT2D eigenvalue weighted by Crippen LogP contribution is 2.40. The molecule has 3 heterocycles. The average Bonchev–Trinajstić information content (AvgIpc) is 3.66. The Hall–Kier alpha value is -3.20. The van der Waals surface area contributed by atoms with Crippen LogP contribution < -0.4 is 9.47 Å². The van der Waals surface area contributed by atoms with Gasteiger partial charge in [0.25, 0.3) is 11.8 Å². The van der Waals surface area contributed by atoms with Gasteiger partial charge in [-0.05, 0) is 44.4 Å². The third kappa shape index (κ3) is 4.09. The second kappa shape index (κ2) is 8.87. The molecular formula is C25H28N4O4S. The smallest absolute Gasteiger partial charge is 0.264 e. The van der Waals surface area contributed by atoms with Gasteiger partial charge in [-0.15, -0.1) is 11.3 Å². The van der Waals surface area contributed by atoms with Crippen LogP contribution in [0.4, 0.5) is 0 Å². The van der Waals surface area contributed by atoms with Gasteiger partial charge in [0.1, 0.15) is 22.2 Å². The normalized spacial score (nSPS) is 16.1. The van der Waals surface area contributed by atoms with E-state index in [1.54, 1.807) is 37.3 Å². The van der Waals surface area contributed by atoms with E-state index in [-0.39, 0.29) is 11.8 Å². The molecule has 1 saturated heterocycles. The fourth-order valence-corrected chi connectivity index (χ4v) is 5.66. The molecule has 0 radical (unpaired) electrons. The Kier molecular flexibility index (Phi) is 5.89. The number of methoxy groups -OCH3 is 2. The Morgan fingerprint density at radius 2 is 1.50 bits per heavy atom. The maximum atomic E-state index is 13.4. The number of thiophene rings is 1. The van der Waals surface area contributed by atoms with E-state index in [2.05, 4.69) is 0 Å². The summed E-state index contributed by atoms with van der Waals surface area (Å²) < 4.78 is 10.6. The van der Waals surface area contributed by atoms with Crippen molar-refractivity contribution in [1.82, 2.24) is 19.8 Å². The molecule has 1 aliphatic heterocycles. The summed E-state index contributed by atoms with van der Waals surface area (Å²) in [6.45, 7) is 5.89. The first-order chi connectivity index (χ1) is 16.4. The molecule has 5 rings (SSSR count). The minimum absolute atomic E-state index is 0.00280. The van der Waals surface area contributed by atoms with Gasteiger partial charge in [0.15, 0.2) is 0 Å². The molecule has 3 aromatic rings. The van der Waals surface area contributed by atoms with E-state index in [4.69, 9.17) is 19.4 Å². The molecule has 2 fully saturated rings. The number of benzene rings is 1. The summed E-state index contributed by atoms with van der Waals surface area (Å²) in [4.78, 5) is 41.2. The van der Waals surface area contributed by atoms with Crippen LogP contribution in [-0.2, 0) is 0 Å². The third-order valence-electron chi connectivity index (χ3n) is 6.58. The molecular weight excluding hydrogens is 452 g/mol. The predicted molar refractivity (Wildman–Crippen MR) is 130 cm³/mol. The Morgan fingerprint density at radius 3 is 2.06 bits per heavy atom. The van der Waals surface area contributed by atoms with Crippen molar-refractivity contribution in [2.75, 3.05) is 40.4 Å². The van der Waals surface area contributed by atoms with E-state index >= 15 is 0 Å². The highest BCUT2D eigenvalue weighted by molar-refractivity contribution is 7.20. The number of hydrogen-bond acceptors (Lipinski definition) is 7.